The predicted octanol–water partition coefficient (Wildman–Crippen LogP) is 3.88. The molecule has 1 unspecified atom stereocenters. The van der Waals surface area contributed by atoms with Gasteiger partial charge in [-0.3, -0.25) is 4.98 Å². The number of hydrogen-bond donors (Lipinski definition) is 2. The number of nitrogens with zero attached hydrogens (tertiary/aromatic N) is 1. The third-order valence-corrected chi connectivity index (χ3v) is 3.59. The van der Waals surface area contributed by atoms with Gasteiger partial charge in [0, 0.05) is 18.3 Å². The Labute approximate surface area is 145 Å². The van der Waals surface area contributed by atoms with Gasteiger partial charge in [-0.1, -0.05) is 38.1 Å². The summed E-state index contributed by atoms with van der Waals surface area (Å²) in [7, 11) is 0. The maximum Gasteiger partial charge on any atom is 0.387 e. The molecule has 5 nitrogen and oxygen atoms in total. The molecule has 0 aliphatic rings. The first kappa shape index (κ1) is 18.6. The fraction of sp³-hybridized carbons (Fsp3) is 0.333. The van der Waals surface area contributed by atoms with E-state index in [9.17, 15) is 13.6 Å². The lowest BCUT2D eigenvalue weighted by Gasteiger charge is -2.22. The minimum absolute atomic E-state index is 0.0444. The molecule has 1 aromatic heterocycles. The number of urea groups is 1. The molecule has 134 valence electrons. The van der Waals surface area contributed by atoms with Crippen LogP contribution in [-0.4, -0.2) is 17.6 Å². The molecule has 2 rings (SSSR count). The van der Waals surface area contributed by atoms with Crippen LogP contribution in [0.25, 0.3) is 0 Å². The molecule has 2 amide bonds. The molecule has 2 N–H and O–H groups in total. The van der Waals surface area contributed by atoms with Crippen LogP contribution >= 0.6 is 0 Å². The molecule has 1 aromatic carbocycles. The number of pyridine rings is 1. The molecular weight excluding hydrogens is 328 g/mol. The largest absolute Gasteiger partial charge is 0.434 e. The van der Waals surface area contributed by atoms with Crippen molar-refractivity contribution in [2.75, 3.05) is 0 Å². The molecule has 0 radical (unpaired) electrons. The topological polar surface area (TPSA) is 63.2 Å². The van der Waals surface area contributed by atoms with Gasteiger partial charge in [0.05, 0.1) is 11.7 Å². The van der Waals surface area contributed by atoms with E-state index in [1.54, 1.807) is 30.5 Å². The quantitative estimate of drug-likeness (QED) is 0.797. The summed E-state index contributed by atoms with van der Waals surface area (Å²) in [5, 5.41) is 5.53. The first-order valence-electron chi connectivity index (χ1n) is 7.95. The molecule has 0 saturated heterocycles. The number of para-hydroxylation sites is 1. The number of nitrogens with one attached hydrogen (secondary N) is 2. The molecule has 0 bridgehead atoms. The highest BCUT2D eigenvalue weighted by atomic mass is 19.3. The third kappa shape index (κ3) is 5.70. The van der Waals surface area contributed by atoms with Crippen LogP contribution in [0, 0.1) is 5.92 Å². The molecule has 7 heteroatoms. The van der Waals surface area contributed by atoms with Crippen LogP contribution in [0.2, 0.25) is 0 Å². The van der Waals surface area contributed by atoms with Gasteiger partial charge in [-0.25, -0.2) is 4.79 Å². The van der Waals surface area contributed by atoms with Gasteiger partial charge in [-0.2, -0.15) is 8.78 Å². The summed E-state index contributed by atoms with van der Waals surface area (Å²) in [6.07, 6.45) is 1.67. The van der Waals surface area contributed by atoms with Gasteiger partial charge in [0.2, 0.25) is 0 Å². The Morgan fingerprint density at radius 3 is 2.52 bits per heavy atom. The molecule has 1 atom stereocenters. The highest BCUT2D eigenvalue weighted by Gasteiger charge is 2.19. The van der Waals surface area contributed by atoms with Gasteiger partial charge in [0.1, 0.15) is 5.75 Å². The Morgan fingerprint density at radius 1 is 1.16 bits per heavy atom. The maximum atomic E-state index is 12.4. The third-order valence-electron chi connectivity index (χ3n) is 3.59. The van der Waals surface area contributed by atoms with Crippen LogP contribution in [0.1, 0.15) is 31.1 Å². The number of hydrogen-bond acceptors (Lipinski definition) is 3. The number of benzene rings is 1. The minimum Gasteiger partial charge on any atom is -0.434 e. The monoisotopic (exact) mass is 349 g/mol. The Hall–Kier alpha value is -2.70. The van der Waals surface area contributed by atoms with Crippen LogP contribution < -0.4 is 15.4 Å². The van der Waals surface area contributed by atoms with Crippen molar-refractivity contribution < 1.29 is 18.3 Å². The zero-order chi connectivity index (χ0) is 18.2. The highest BCUT2D eigenvalue weighted by Crippen LogP contribution is 2.21. The number of aromatic nitrogens is 1. The van der Waals surface area contributed by atoms with Gasteiger partial charge < -0.3 is 15.4 Å². The molecular formula is C18H21F2N3O2. The fourth-order valence-corrected chi connectivity index (χ4v) is 2.37. The second-order valence-electron chi connectivity index (χ2n) is 5.79. The van der Waals surface area contributed by atoms with E-state index in [4.69, 9.17) is 0 Å². The van der Waals surface area contributed by atoms with Gasteiger partial charge in [0.15, 0.2) is 0 Å². The standard InChI is InChI=1S/C18H21F2N3O2/c1-12(2)16(14-8-5-6-10-21-14)23-18(24)22-11-13-7-3-4-9-15(13)25-17(19)20/h3-10,12,16-17H,11H2,1-2H3,(H2,22,23,24). The summed E-state index contributed by atoms with van der Waals surface area (Å²) >= 11 is 0. The lowest BCUT2D eigenvalue weighted by molar-refractivity contribution is -0.0504. The molecule has 0 spiro atoms. The van der Waals surface area contributed by atoms with Crippen molar-refractivity contribution in [1.29, 1.82) is 0 Å². The Morgan fingerprint density at radius 2 is 1.88 bits per heavy atom. The van der Waals surface area contributed by atoms with E-state index in [0.29, 0.717) is 5.56 Å². The molecule has 0 saturated carbocycles. The van der Waals surface area contributed by atoms with Crippen molar-refractivity contribution in [2.45, 2.75) is 33.0 Å². The fourth-order valence-electron chi connectivity index (χ4n) is 2.37. The normalized spacial score (nSPS) is 12.1. The van der Waals surface area contributed by atoms with E-state index in [2.05, 4.69) is 20.4 Å². The van der Waals surface area contributed by atoms with E-state index in [1.165, 1.54) is 6.07 Å². The number of rotatable bonds is 7. The SMILES string of the molecule is CC(C)C(NC(=O)NCc1ccccc1OC(F)F)c1ccccn1. The van der Waals surface area contributed by atoms with E-state index >= 15 is 0 Å². The molecule has 0 aliphatic heterocycles. The van der Waals surface area contributed by atoms with E-state index in [1.807, 2.05) is 26.0 Å². The first-order chi connectivity index (χ1) is 12.0. The van der Waals surface area contributed by atoms with E-state index < -0.39 is 12.6 Å². The van der Waals surface area contributed by atoms with Crippen molar-refractivity contribution in [3.8, 4) is 5.75 Å². The number of alkyl halides is 2. The lowest BCUT2D eigenvalue weighted by Crippen LogP contribution is -2.39. The highest BCUT2D eigenvalue weighted by molar-refractivity contribution is 5.74. The number of amides is 2. The van der Waals surface area contributed by atoms with Crippen LogP contribution in [-0.2, 0) is 6.54 Å². The first-order valence-corrected chi connectivity index (χ1v) is 7.95. The van der Waals surface area contributed by atoms with E-state index in [-0.39, 0.29) is 24.3 Å². The number of carbonyl (C=O) groups is 1. The van der Waals surface area contributed by atoms with Gasteiger partial charge in [-0.05, 0) is 24.1 Å². The maximum absolute atomic E-state index is 12.4. The number of carbonyl (C=O) groups excluding carboxylic acids is 1. The zero-order valence-electron chi connectivity index (χ0n) is 14.1. The molecule has 0 fully saturated rings. The van der Waals surface area contributed by atoms with Crippen LogP contribution in [0.3, 0.4) is 0 Å². The van der Waals surface area contributed by atoms with Crippen molar-refractivity contribution in [3.63, 3.8) is 0 Å². The molecule has 2 aromatic rings. The summed E-state index contributed by atoms with van der Waals surface area (Å²) in [5.74, 6) is 0.179. The minimum atomic E-state index is -2.91. The Bertz CT molecular complexity index is 681. The summed E-state index contributed by atoms with van der Waals surface area (Å²) in [6, 6.07) is 11.2. The molecule has 25 heavy (non-hydrogen) atoms. The lowest BCUT2D eigenvalue weighted by atomic mass is 10.0. The van der Waals surface area contributed by atoms with Crippen LogP contribution in [0.15, 0.2) is 48.7 Å². The van der Waals surface area contributed by atoms with E-state index in [0.717, 1.165) is 5.69 Å². The van der Waals surface area contributed by atoms with Crippen LogP contribution in [0.4, 0.5) is 13.6 Å². The summed E-state index contributed by atoms with van der Waals surface area (Å²) in [5.41, 5.74) is 1.23. The van der Waals surface area contributed by atoms with Crippen LogP contribution in [0.5, 0.6) is 5.75 Å². The Balaban J connectivity index is 1.98. The summed E-state index contributed by atoms with van der Waals surface area (Å²) in [6.45, 7) is 1.11. The number of ether oxygens (including phenoxy) is 1. The zero-order valence-corrected chi connectivity index (χ0v) is 14.1. The second kappa shape index (κ2) is 8.96. The van der Waals surface area contributed by atoms with Gasteiger partial charge in [-0.15, -0.1) is 0 Å². The predicted molar refractivity (Wildman–Crippen MR) is 90.3 cm³/mol. The van der Waals surface area contributed by atoms with Crippen molar-refractivity contribution in [1.82, 2.24) is 15.6 Å². The average Bonchev–Trinajstić information content (AvgIpc) is 2.59. The van der Waals surface area contributed by atoms with Gasteiger partial charge >= 0.3 is 12.6 Å². The van der Waals surface area contributed by atoms with Crippen molar-refractivity contribution in [2.24, 2.45) is 5.92 Å². The number of halogens is 2. The smallest absolute Gasteiger partial charge is 0.387 e. The average molecular weight is 349 g/mol. The van der Waals surface area contributed by atoms with Gasteiger partial charge in [0.25, 0.3) is 0 Å². The molecule has 0 aliphatic carbocycles. The van der Waals surface area contributed by atoms with Crippen molar-refractivity contribution in [3.05, 3.63) is 59.9 Å². The summed E-state index contributed by atoms with van der Waals surface area (Å²) in [4.78, 5) is 16.5. The second-order valence-corrected chi connectivity index (χ2v) is 5.79. The molecule has 1 heterocycles. The Kier molecular flexibility index (Phi) is 6.68. The summed E-state index contributed by atoms with van der Waals surface area (Å²) < 4.78 is 29.3. The van der Waals surface area contributed by atoms with Crippen molar-refractivity contribution >= 4 is 6.03 Å².